The Morgan fingerprint density at radius 2 is 1.68 bits per heavy atom. The molecule has 0 amide bonds. The molecule has 0 atom stereocenters. The molecule has 0 aliphatic heterocycles. The molecule has 6 nitrogen and oxygen atoms in total. The molecule has 0 radical (unpaired) electrons. The standard InChI is InChI=1S/C24H27N3O.C7H9NO/c1-16-9-10-19-14-21(17-6-3-2-4-7-17)24(28)27(23(19)26-16)15-22-20(18-11-12-18)8-5-13-25-22;1-6-3-4-8-7(5-6)9-2/h5,8-10,13-14,17-18H,2-4,6-7,11-12,15H2,1H3;3-5H,1-2H3. The van der Waals surface area contributed by atoms with Crippen LogP contribution in [0.5, 0.6) is 5.88 Å². The second-order valence-corrected chi connectivity index (χ2v) is 10.4. The van der Waals surface area contributed by atoms with Crippen LogP contribution in [0.1, 0.15) is 84.9 Å². The number of ether oxygens (including phenoxy) is 1. The van der Waals surface area contributed by atoms with Crippen molar-refractivity contribution in [1.29, 1.82) is 0 Å². The summed E-state index contributed by atoms with van der Waals surface area (Å²) in [6.45, 7) is 4.50. The molecule has 0 aromatic carbocycles. The molecule has 0 spiro atoms. The number of aromatic nitrogens is 4. The van der Waals surface area contributed by atoms with Crippen molar-refractivity contribution in [2.75, 3.05) is 7.11 Å². The number of fused-ring (bicyclic) bond motifs is 1. The molecule has 2 fully saturated rings. The highest BCUT2D eigenvalue weighted by Crippen LogP contribution is 2.41. The van der Waals surface area contributed by atoms with Crippen LogP contribution in [0.25, 0.3) is 11.0 Å². The molecule has 6 heteroatoms. The zero-order chi connectivity index (χ0) is 25.8. The van der Waals surface area contributed by atoms with Crippen molar-refractivity contribution in [3.63, 3.8) is 0 Å². The fourth-order valence-corrected chi connectivity index (χ4v) is 5.34. The maximum atomic E-state index is 13.6. The van der Waals surface area contributed by atoms with Crippen molar-refractivity contribution < 1.29 is 4.74 Å². The van der Waals surface area contributed by atoms with Crippen molar-refractivity contribution in [3.05, 3.63) is 93.3 Å². The summed E-state index contributed by atoms with van der Waals surface area (Å²) in [5.74, 6) is 1.67. The summed E-state index contributed by atoms with van der Waals surface area (Å²) in [7, 11) is 1.61. The quantitative estimate of drug-likeness (QED) is 0.317. The first-order chi connectivity index (χ1) is 18.0. The van der Waals surface area contributed by atoms with Crippen LogP contribution >= 0.6 is 0 Å². The van der Waals surface area contributed by atoms with E-state index >= 15 is 0 Å². The van der Waals surface area contributed by atoms with Gasteiger partial charge in [-0.15, -0.1) is 0 Å². The van der Waals surface area contributed by atoms with E-state index in [2.05, 4.69) is 28.2 Å². The molecule has 37 heavy (non-hydrogen) atoms. The van der Waals surface area contributed by atoms with Gasteiger partial charge in [-0.1, -0.05) is 25.3 Å². The predicted molar refractivity (Wildman–Crippen MR) is 147 cm³/mol. The Bertz CT molecular complexity index is 1440. The molecule has 0 saturated heterocycles. The maximum Gasteiger partial charge on any atom is 0.256 e. The van der Waals surface area contributed by atoms with Gasteiger partial charge in [-0.2, -0.15) is 0 Å². The minimum atomic E-state index is 0.130. The summed E-state index contributed by atoms with van der Waals surface area (Å²) in [6, 6.07) is 14.3. The summed E-state index contributed by atoms with van der Waals surface area (Å²) < 4.78 is 6.77. The molecule has 4 aromatic rings. The van der Waals surface area contributed by atoms with Crippen molar-refractivity contribution in [2.24, 2.45) is 0 Å². The fourth-order valence-electron chi connectivity index (χ4n) is 5.34. The summed E-state index contributed by atoms with van der Waals surface area (Å²) in [6.07, 6.45) is 12.0. The molecule has 4 aromatic heterocycles. The van der Waals surface area contributed by atoms with Crippen LogP contribution in [0.15, 0.2) is 59.7 Å². The molecule has 0 bridgehead atoms. The summed E-state index contributed by atoms with van der Waals surface area (Å²) >= 11 is 0. The summed E-state index contributed by atoms with van der Waals surface area (Å²) in [5.41, 5.74) is 6.33. The average molecular weight is 497 g/mol. The van der Waals surface area contributed by atoms with Crippen LogP contribution in [-0.2, 0) is 6.54 Å². The normalized spacial score (nSPS) is 15.8. The van der Waals surface area contributed by atoms with Gasteiger partial charge in [0.05, 0.1) is 19.3 Å². The Labute approximate surface area is 218 Å². The van der Waals surface area contributed by atoms with Gasteiger partial charge in [0.15, 0.2) is 0 Å². The maximum absolute atomic E-state index is 13.6. The van der Waals surface area contributed by atoms with Gasteiger partial charge in [0.1, 0.15) is 5.65 Å². The van der Waals surface area contributed by atoms with Gasteiger partial charge >= 0.3 is 0 Å². The van der Waals surface area contributed by atoms with Crippen molar-refractivity contribution in [1.82, 2.24) is 19.5 Å². The average Bonchev–Trinajstić information content (AvgIpc) is 3.77. The molecular formula is C31H36N4O2. The zero-order valence-electron chi connectivity index (χ0n) is 22.1. The number of methoxy groups -OCH3 is 1. The van der Waals surface area contributed by atoms with Crippen LogP contribution in [0.3, 0.4) is 0 Å². The number of pyridine rings is 4. The zero-order valence-corrected chi connectivity index (χ0v) is 22.1. The SMILES string of the molecule is COc1cc(C)ccn1.Cc1ccc2cc(C3CCCCC3)c(=O)n(Cc3ncccc3C3CC3)c2n1. The Kier molecular flexibility index (Phi) is 7.63. The Balaban J connectivity index is 0.000000265. The lowest BCUT2D eigenvalue weighted by molar-refractivity contribution is 0.397. The highest BCUT2D eigenvalue weighted by molar-refractivity contribution is 5.76. The number of aryl methyl sites for hydroxylation is 2. The van der Waals surface area contributed by atoms with Gasteiger partial charge in [-0.05, 0) is 92.8 Å². The monoisotopic (exact) mass is 496 g/mol. The second-order valence-electron chi connectivity index (χ2n) is 10.4. The van der Waals surface area contributed by atoms with Gasteiger partial charge in [0.2, 0.25) is 5.88 Å². The van der Waals surface area contributed by atoms with E-state index < -0.39 is 0 Å². The van der Waals surface area contributed by atoms with Gasteiger partial charge < -0.3 is 4.74 Å². The third-order valence-electron chi connectivity index (χ3n) is 7.50. The first-order valence-electron chi connectivity index (χ1n) is 13.4. The van der Waals surface area contributed by atoms with E-state index in [1.165, 1.54) is 43.2 Å². The molecule has 0 unspecified atom stereocenters. The summed E-state index contributed by atoms with van der Waals surface area (Å²) in [4.78, 5) is 26.9. The minimum Gasteiger partial charge on any atom is -0.481 e. The highest BCUT2D eigenvalue weighted by atomic mass is 16.5. The molecule has 0 N–H and O–H groups in total. The van der Waals surface area contributed by atoms with Crippen LogP contribution in [0.2, 0.25) is 0 Å². The number of nitrogens with zero attached hydrogens (tertiary/aromatic N) is 4. The molecule has 2 saturated carbocycles. The molecule has 2 aliphatic carbocycles. The van der Waals surface area contributed by atoms with E-state index in [0.29, 0.717) is 24.3 Å². The topological polar surface area (TPSA) is 69.9 Å². The number of rotatable bonds is 5. The lowest BCUT2D eigenvalue weighted by atomic mass is 9.84. The predicted octanol–water partition coefficient (Wildman–Crippen LogP) is 6.47. The number of hydrogen-bond acceptors (Lipinski definition) is 5. The van der Waals surface area contributed by atoms with Crippen molar-refractivity contribution in [3.8, 4) is 5.88 Å². The highest BCUT2D eigenvalue weighted by Gasteiger charge is 2.27. The minimum absolute atomic E-state index is 0.130. The smallest absolute Gasteiger partial charge is 0.256 e. The van der Waals surface area contributed by atoms with Gasteiger partial charge in [-0.3, -0.25) is 14.3 Å². The van der Waals surface area contributed by atoms with E-state index in [9.17, 15) is 4.79 Å². The second kappa shape index (κ2) is 11.2. The lowest BCUT2D eigenvalue weighted by Gasteiger charge is -2.23. The van der Waals surface area contributed by atoms with E-state index in [-0.39, 0.29) is 5.56 Å². The van der Waals surface area contributed by atoms with Crippen LogP contribution in [-0.4, -0.2) is 26.6 Å². The molecule has 6 rings (SSSR count). The largest absolute Gasteiger partial charge is 0.481 e. The van der Waals surface area contributed by atoms with Crippen molar-refractivity contribution in [2.45, 2.75) is 77.2 Å². The fraction of sp³-hybridized carbons (Fsp3) is 0.419. The van der Waals surface area contributed by atoms with E-state index in [4.69, 9.17) is 9.72 Å². The third kappa shape index (κ3) is 5.90. The summed E-state index contributed by atoms with van der Waals surface area (Å²) in [5, 5.41) is 1.06. The molecule has 4 heterocycles. The van der Waals surface area contributed by atoms with Crippen LogP contribution < -0.4 is 10.3 Å². The first-order valence-corrected chi connectivity index (χ1v) is 13.4. The molecule has 192 valence electrons. The molecular weight excluding hydrogens is 460 g/mol. The van der Waals surface area contributed by atoms with Crippen molar-refractivity contribution >= 4 is 11.0 Å². The van der Waals surface area contributed by atoms with E-state index in [1.807, 2.05) is 48.9 Å². The third-order valence-corrected chi connectivity index (χ3v) is 7.50. The van der Waals surface area contributed by atoms with Gasteiger partial charge in [-0.25, -0.2) is 9.97 Å². The Morgan fingerprint density at radius 1 is 0.892 bits per heavy atom. The molecule has 2 aliphatic rings. The Hall–Kier alpha value is -3.54. The van der Waals surface area contributed by atoms with E-state index in [1.54, 1.807) is 13.3 Å². The lowest BCUT2D eigenvalue weighted by Crippen LogP contribution is -2.28. The van der Waals surface area contributed by atoms with E-state index in [0.717, 1.165) is 40.8 Å². The van der Waals surface area contributed by atoms with Crippen LogP contribution in [0.4, 0.5) is 0 Å². The number of hydrogen-bond donors (Lipinski definition) is 0. The van der Waals surface area contributed by atoms with Gasteiger partial charge in [0, 0.05) is 35.1 Å². The first kappa shape index (κ1) is 25.1. The Morgan fingerprint density at radius 3 is 2.38 bits per heavy atom. The van der Waals surface area contributed by atoms with Crippen LogP contribution in [0, 0.1) is 13.8 Å². The van der Waals surface area contributed by atoms with Gasteiger partial charge in [0.25, 0.3) is 5.56 Å².